The molecule has 0 aromatic heterocycles. The van der Waals surface area contributed by atoms with Crippen LogP contribution in [0.4, 0.5) is 0 Å². The van der Waals surface area contributed by atoms with Gasteiger partial charge < -0.3 is 0 Å². The second-order valence-electron chi connectivity index (χ2n) is 4.65. The van der Waals surface area contributed by atoms with E-state index in [1.807, 2.05) is 0 Å². The van der Waals surface area contributed by atoms with Crippen molar-refractivity contribution in [1.82, 2.24) is 0 Å². The van der Waals surface area contributed by atoms with Crippen LogP contribution in [-0.4, -0.2) is 0 Å². The fraction of sp³-hybridized carbons (Fsp3) is 0.333. The molecule has 2 atom stereocenters. The van der Waals surface area contributed by atoms with Crippen LogP contribution < -0.4 is 0 Å². The molecule has 2 aliphatic carbocycles. The molecule has 0 heteroatoms. The summed E-state index contributed by atoms with van der Waals surface area (Å²) in [5.74, 6) is 1.59. The van der Waals surface area contributed by atoms with Gasteiger partial charge in [-0.1, -0.05) is 48.6 Å². The highest BCUT2D eigenvalue weighted by atomic mass is 14.3. The summed E-state index contributed by atoms with van der Waals surface area (Å²) in [6.45, 7) is 0. The summed E-state index contributed by atoms with van der Waals surface area (Å²) in [6, 6.07) is 8.92. The van der Waals surface area contributed by atoms with Crippen LogP contribution in [0.15, 0.2) is 48.6 Å². The standard InChI is InChI=1S/C15H16/c1-2-6-12-10-14-8-4-5-9-15(14)11-13(12)7-3-1/h1-6,8-9,12-13H,7,10-11H2/t12?,13-/m1/s1. The van der Waals surface area contributed by atoms with Crippen LogP contribution in [0.1, 0.15) is 17.5 Å². The molecule has 76 valence electrons. The molecule has 0 amide bonds. The molecular weight excluding hydrogens is 180 g/mol. The fourth-order valence-corrected chi connectivity index (χ4v) is 2.83. The van der Waals surface area contributed by atoms with Crippen molar-refractivity contribution in [3.63, 3.8) is 0 Å². The van der Waals surface area contributed by atoms with E-state index < -0.39 is 0 Å². The van der Waals surface area contributed by atoms with Gasteiger partial charge in [-0.25, -0.2) is 0 Å². The van der Waals surface area contributed by atoms with Crippen molar-refractivity contribution >= 4 is 0 Å². The Hall–Kier alpha value is -1.30. The zero-order valence-electron chi connectivity index (χ0n) is 8.89. The van der Waals surface area contributed by atoms with Crippen LogP contribution in [0.25, 0.3) is 0 Å². The lowest BCUT2D eigenvalue weighted by atomic mass is 9.75. The lowest BCUT2D eigenvalue weighted by molar-refractivity contribution is 0.373. The molecular formula is C15H16. The van der Waals surface area contributed by atoms with Crippen molar-refractivity contribution < 1.29 is 0 Å². The first-order chi connectivity index (χ1) is 7.43. The van der Waals surface area contributed by atoms with Gasteiger partial charge in [0.15, 0.2) is 0 Å². The first kappa shape index (κ1) is 8.96. The number of hydrogen-bond acceptors (Lipinski definition) is 0. The minimum absolute atomic E-state index is 0.759. The van der Waals surface area contributed by atoms with Gasteiger partial charge in [0.1, 0.15) is 0 Å². The number of rotatable bonds is 0. The molecule has 3 rings (SSSR count). The first-order valence-electron chi connectivity index (χ1n) is 5.83. The third-order valence-corrected chi connectivity index (χ3v) is 3.71. The lowest BCUT2D eigenvalue weighted by Gasteiger charge is -2.30. The maximum Gasteiger partial charge on any atom is -0.0155 e. The Bertz CT molecular complexity index is 412. The zero-order valence-corrected chi connectivity index (χ0v) is 8.89. The molecule has 0 nitrogen and oxygen atoms in total. The number of benzene rings is 1. The molecule has 0 saturated heterocycles. The summed E-state index contributed by atoms with van der Waals surface area (Å²) in [6.07, 6.45) is 12.9. The van der Waals surface area contributed by atoms with E-state index in [1.54, 1.807) is 11.1 Å². The summed E-state index contributed by atoms with van der Waals surface area (Å²) in [5, 5.41) is 0. The summed E-state index contributed by atoms with van der Waals surface area (Å²) < 4.78 is 0. The summed E-state index contributed by atoms with van der Waals surface area (Å²) >= 11 is 0. The monoisotopic (exact) mass is 196 g/mol. The largest absolute Gasteiger partial charge is 0.0842 e. The van der Waals surface area contributed by atoms with Gasteiger partial charge >= 0.3 is 0 Å². The zero-order chi connectivity index (χ0) is 10.1. The average Bonchev–Trinajstić information content (AvgIpc) is 2.50. The maximum absolute atomic E-state index is 2.39. The molecule has 0 heterocycles. The van der Waals surface area contributed by atoms with Crippen LogP contribution in [0.5, 0.6) is 0 Å². The number of allylic oxidation sites excluding steroid dienone is 4. The summed E-state index contributed by atoms with van der Waals surface area (Å²) in [4.78, 5) is 0. The minimum atomic E-state index is 0.759. The predicted molar refractivity (Wildman–Crippen MR) is 63.7 cm³/mol. The minimum Gasteiger partial charge on any atom is -0.0842 e. The van der Waals surface area contributed by atoms with E-state index in [9.17, 15) is 0 Å². The first-order valence-corrected chi connectivity index (χ1v) is 5.83. The van der Waals surface area contributed by atoms with Gasteiger partial charge in [0.25, 0.3) is 0 Å². The van der Waals surface area contributed by atoms with Crippen molar-refractivity contribution in [2.24, 2.45) is 11.8 Å². The van der Waals surface area contributed by atoms with E-state index in [0.717, 1.165) is 11.8 Å². The molecule has 0 aliphatic heterocycles. The Labute approximate surface area is 91.3 Å². The molecule has 0 saturated carbocycles. The van der Waals surface area contributed by atoms with Gasteiger partial charge in [-0.05, 0) is 42.2 Å². The predicted octanol–water partition coefficient (Wildman–Crippen LogP) is 3.53. The normalized spacial score (nSPS) is 28.0. The molecule has 15 heavy (non-hydrogen) atoms. The average molecular weight is 196 g/mol. The van der Waals surface area contributed by atoms with Crippen molar-refractivity contribution in [3.8, 4) is 0 Å². The highest BCUT2D eigenvalue weighted by Gasteiger charge is 2.25. The van der Waals surface area contributed by atoms with Gasteiger partial charge in [0.05, 0.1) is 0 Å². The molecule has 0 bridgehead atoms. The Morgan fingerprint density at radius 3 is 2.60 bits per heavy atom. The van der Waals surface area contributed by atoms with Gasteiger partial charge in [-0.15, -0.1) is 0 Å². The van der Waals surface area contributed by atoms with E-state index in [-0.39, 0.29) is 0 Å². The van der Waals surface area contributed by atoms with E-state index in [1.165, 1.54) is 19.3 Å². The Morgan fingerprint density at radius 1 is 0.933 bits per heavy atom. The van der Waals surface area contributed by atoms with Gasteiger partial charge in [-0.3, -0.25) is 0 Å². The Morgan fingerprint density at radius 2 is 1.73 bits per heavy atom. The molecule has 1 aromatic carbocycles. The Kier molecular flexibility index (Phi) is 2.21. The molecule has 0 spiro atoms. The van der Waals surface area contributed by atoms with Gasteiger partial charge in [0.2, 0.25) is 0 Å². The summed E-state index contributed by atoms with van der Waals surface area (Å²) in [7, 11) is 0. The third kappa shape index (κ3) is 1.65. The fourth-order valence-electron chi connectivity index (χ4n) is 2.83. The van der Waals surface area contributed by atoms with Crippen molar-refractivity contribution in [3.05, 3.63) is 59.7 Å². The molecule has 2 aliphatic rings. The smallest absolute Gasteiger partial charge is 0.0155 e. The van der Waals surface area contributed by atoms with Crippen LogP contribution in [0.3, 0.4) is 0 Å². The van der Waals surface area contributed by atoms with Gasteiger partial charge in [0, 0.05) is 0 Å². The van der Waals surface area contributed by atoms with E-state index in [0.29, 0.717) is 0 Å². The molecule has 0 fully saturated rings. The topological polar surface area (TPSA) is 0 Å². The van der Waals surface area contributed by atoms with E-state index in [4.69, 9.17) is 0 Å². The quantitative estimate of drug-likeness (QED) is 0.595. The van der Waals surface area contributed by atoms with Crippen LogP contribution in [0.2, 0.25) is 0 Å². The second-order valence-corrected chi connectivity index (χ2v) is 4.65. The van der Waals surface area contributed by atoms with Crippen molar-refractivity contribution in [2.45, 2.75) is 19.3 Å². The van der Waals surface area contributed by atoms with Crippen LogP contribution in [0, 0.1) is 11.8 Å². The number of hydrogen-bond donors (Lipinski definition) is 0. The van der Waals surface area contributed by atoms with Gasteiger partial charge in [-0.2, -0.15) is 0 Å². The van der Waals surface area contributed by atoms with E-state index >= 15 is 0 Å². The third-order valence-electron chi connectivity index (χ3n) is 3.71. The van der Waals surface area contributed by atoms with Crippen LogP contribution >= 0.6 is 0 Å². The summed E-state index contributed by atoms with van der Waals surface area (Å²) in [5.41, 5.74) is 3.13. The molecule has 1 unspecified atom stereocenters. The highest BCUT2D eigenvalue weighted by Crippen LogP contribution is 2.34. The van der Waals surface area contributed by atoms with Crippen molar-refractivity contribution in [2.75, 3.05) is 0 Å². The van der Waals surface area contributed by atoms with Crippen molar-refractivity contribution in [1.29, 1.82) is 0 Å². The number of fused-ring (bicyclic) bond motifs is 2. The molecule has 0 N–H and O–H groups in total. The van der Waals surface area contributed by atoms with E-state index in [2.05, 4.69) is 48.6 Å². The maximum atomic E-state index is 2.39. The Balaban J connectivity index is 1.95. The SMILES string of the molecule is C1=CC[C@@H]2Cc3ccccc3CC2C=C1. The highest BCUT2D eigenvalue weighted by molar-refractivity contribution is 5.32. The second kappa shape index (κ2) is 3.69. The molecule has 0 radical (unpaired) electrons. The lowest BCUT2D eigenvalue weighted by Crippen LogP contribution is -2.23. The van der Waals surface area contributed by atoms with Crippen LogP contribution in [-0.2, 0) is 12.8 Å². The molecule has 1 aromatic rings.